The summed E-state index contributed by atoms with van der Waals surface area (Å²) in [6.45, 7) is 3.01. The second kappa shape index (κ2) is 10.7. The third kappa shape index (κ3) is 5.35. The molecule has 5 heteroatoms. The molecule has 3 rings (SSSR count). The van der Waals surface area contributed by atoms with Crippen molar-refractivity contribution in [1.29, 1.82) is 0 Å². The molecule has 0 fully saturated rings. The van der Waals surface area contributed by atoms with E-state index in [1.165, 1.54) is 10.5 Å². The highest BCUT2D eigenvalue weighted by Crippen LogP contribution is 2.27. The molecule has 0 atom stereocenters. The van der Waals surface area contributed by atoms with E-state index in [4.69, 9.17) is 0 Å². The Bertz CT molecular complexity index is 893. The van der Waals surface area contributed by atoms with E-state index in [0.29, 0.717) is 31.4 Å². The van der Waals surface area contributed by atoms with Crippen molar-refractivity contribution < 1.29 is 14.4 Å². The SMILES string of the molecule is Cc1ccccc1C(=O)N(C=O)CCCCCC(=O)N1CCCCc2ccccc21. The number of unbranched alkanes of at least 4 members (excludes halogenated alkanes) is 2. The average molecular weight is 407 g/mol. The number of benzene rings is 2. The molecule has 5 nitrogen and oxygen atoms in total. The lowest BCUT2D eigenvalue weighted by molar-refractivity contribution is -0.119. The van der Waals surface area contributed by atoms with E-state index in [1.54, 1.807) is 12.1 Å². The predicted octanol–water partition coefficient (Wildman–Crippen LogP) is 4.52. The summed E-state index contributed by atoms with van der Waals surface area (Å²) in [5, 5.41) is 0. The first-order valence-corrected chi connectivity index (χ1v) is 10.8. The quantitative estimate of drug-likeness (QED) is 0.478. The van der Waals surface area contributed by atoms with Crippen LogP contribution < -0.4 is 4.90 Å². The first-order valence-electron chi connectivity index (χ1n) is 10.8. The van der Waals surface area contributed by atoms with Crippen LogP contribution in [-0.4, -0.2) is 36.2 Å². The monoisotopic (exact) mass is 406 g/mol. The van der Waals surface area contributed by atoms with Crippen LogP contribution in [0.3, 0.4) is 0 Å². The summed E-state index contributed by atoms with van der Waals surface area (Å²) in [5.41, 5.74) is 3.72. The van der Waals surface area contributed by atoms with Crippen molar-refractivity contribution in [2.75, 3.05) is 18.0 Å². The molecule has 2 aromatic rings. The van der Waals surface area contributed by atoms with Gasteiger partial charge in [-0.1, -0.05) is 42.8 Å². The molecular formula is C25H30N2O3. The molecule has 0 saturated heterocycles. The Morgan fingerprint density at radius 1 is 1.00 bits per heavy atom. The van der Waals surface area contributed by atoms with Gasteiger partial charge in [0.05, 0.1) is 0 Å². The van der Waals surface area contributed by atoms with E-state index in [0.717, 1.165) is 49.9 Å². The van der Waals surface area contributed by atoms with Gasteiger partial charge >= 0.3 is 0 Å². The highest BCUT2D eigenvalue weighted by atomic mass is 16.2. The van der Waals surface area contributed by atoms with E-state index in [2.05, 4.69) is 6.07 Å². The standard InChI is InChI=1S/C25H30N2O3/c1-20-11-4-6-14-22(20)25(30)26(19-28)17-9-2-3-16-24(29)27-18-10-8-13-21-12-5-7-15-23(21)27/h4-7,11-12,14-15,19H,2-3,8-10,13,16-18H2,1H3. The summed E-state index contributed by atoms with van der Waals surface area (Å²) >= 11 is 0. The van der Waals surface area contributed by atoms with Crippen LogP contribution in [0.1, 0.15) is 60.0 Å². The van der Waals surface area contributed by atoms with Crippen LogP contribution >= 0.6 is 0 Å². The minimum atomic E-state index is -0.264. The highest BCUT2D eigenvalue weighted by molar-refractivity contribution is 6.00. The Hall–Kier alpha value is -2.95. The summed E-state index contributed by atoms with van der Waals surface area (Å²) in [5.74, 6) is -0.104. The molecular weight excluding hydrogens is 376 g/mol. The molecule has 0 bridgehead atoms. The van der Waals surface area contributed by atoms with Gasteiger partial charge in [0.25, 0.3) is 5.91 Å². The van der Waals surface area contributed by atoms with Gasteiger partial charge < -0.3 is 4.90 Å². The van der Waals surface area contributed by atoms with Gasteiger partial charge in [-0.25, -0.2) is 0 Å². The molecule has 2 aromatic carbocycles. The van der Waals surface area contributed by atoms with Gasteiger partial charge in [0.15, 0.2) is 0 Å². The number of amides is 3. The normalized spacial score (nSPS) is 13.3. The number of imide groups is 1. The first kappa shape index (κ1) is 21.8. The Kier molecular flexibility index (Phi) is 7.77. The van der Waals surface area contributed by atoms with Crippen LogP contribution in [0.15, 0.2) is 48.5 Å². The molecule has 1 heterocycles. The van der Waals surface area contributed by atoms with Crippen molar-refractivity contribution in [2.24, 2.45) is 0 Å². The van der Waals surface area contributed by atoms with E-state index in [9.17, 15) is 14.4 Å². The molecule has 0 aromatic heterocycles. The number of fused-ring (bicyclic) bond motifs is 1. The number of nitrogens with zero attached hydrogens (tertiary/aromatic N) is 2. The van der Waals surface area contributed by atoms with Crippen molar-refractivity contribution in [2.45, 2.75) is 51.9 Å². The lowest BCUT2D eigenvalue weighted by Crippen LogP contribution is -2.32. The number of rotatable bonds is 8. The number of aryl methyl sites for hydroxylation is 2. The first-order chi connectivity index (χ1) is 14.6. The fourth-order valence-electron chi connectivity index (χ4n) is 3.99. The fraction of sp³-hybridized carbons (Fsp3) is 0.400. The Morgan fingerprint density at radius 2 is 1.77 bits per heavy atom. The molecule has 1 aliphatic rings. The average Bonchev–Trinajstić information content (AvgIpc) is 2.98. The van der Waals surface area contributed by atoms with E-state index >= 15 is 0 Å². The number of para-hydroxylation sites is 1. The molecule has 0 unspecified atom stereocenters. The van der Waals surface area contributed by atoms with Gasteiger partial charge in [0.1, 0.15) is 0 Å². The number of carbonyl (C=O) groups excluding carboxylic acids is 3. The summed E-state index contributed by atoms with van der Waals surface area (Å²) < 4.78 is 0. The number of anilines is 1. The zero-order valence-electron chi connectivity index (χ0n) is 17.7. The molecule has 0 N–H and O–H groups in total. The lowest BCUT2D eigenvalue weighted by Gasteiger charge is -2.23. The zero-order chi connectivity index (χ0) is 21.3. The van der Waals surface area contributed by atoms with Gasteiger partial charge in [-0.2, -0.15) is 0 Å². The summed E-state index contributed by atoms with van der Waals surface area (Å²) in [4.78, 5) is 39.9. The van der Waals surface area contributed by atoms with Crippen LogP contribution in [0.4, 0.5) is 5.69 Å². The van der Waals surface area contributed by atoms with Crippen molar-refractivity contribution in [3.63, 3.8) is 0 Å². The minimum Gasteiger partial charge on any atom is -0.312 e. The van der Waals surface area contributed by atoms with Crippen LogP contribution in [0.2, 0.25) is 0 Å². The summed E-state index contributed by atoms with van der Waals surface area (Å²) in [7, 11) is 0. The van der Waals surface area contributed by atoms with Crippen LogP contribution in [-0.2, 0) is 16.0 Å². The maximum absolute atomic E-state index is 12.8. The van der Waals surface area contributed by atoms with Crippen LogP contribution in [0, 0.1) is 6.92 Å². The third-order valence-electron chi connectivity index (χ3n) is 5.71. The molecule has 3 amide bonds. The van der Waals surface area contributed by atoms with Gasteiger partial charge in [-0.05, 0) is 62.3 Å². The lowest BCUT2D eigenvalue weighted by atomic mass is 10.1. The van der Waals surface area contributed by atoms with Gasteiger partial charge in [-0.15, -0.1) is 0 Å². The zero-order valence-corrected chi connectivity index (χ0v) is 17.7. The number of hydrogen-bond acceptors (Lipinski definition) is 3. The molecule has 0 spiro atoms. The van der Waals surface area contributed by atoms with E-state index in [1.807, 2.05) is 42.2 Å². The summed E-state index contributed by atoms with van der Waals surface area (Å²) in [6, 6.07) is 15.5. The Balaban J connectivity index is 1.47. The molecule has 0 aliphatic carbocycles. The van der Waals surface area contributed by atoms with E-state index < -0.39 is 0 Å². The second-order valence-corrected chi connectivity index (χ2v) is 7.86. The minimum absolute atomic E-state index is 0.160. The Labute approximate surface area is 178 Å². The molecule has 0 radical (unpaired) electrons. The molecule has 0 saturated carbocycles. The highest BCUT2D eigenvalue weighted by Gasteiger charge is 2.20. The number of carbonyl (C=O) groups is 3. The maximum Gasteiger partial charge on any atom is 0.260 e. The third-order valence-corrected chi connectivity index (χ3v) is 5.71. The molecule has 158 valence electrons. The van der Waals surface area contributed by atoms with E-state index in [-0.39, 0.29) is 11.8 Å². The number of hydrogen-bond donors (Lipinski definition) is 0. The Morgan fingerprint density at radius 3 is 2.57 bits per heavy atom. The largest absolute Gasteiger partial charge is 0.312 e. The van der Waals surface area contributed by atoms with Gasteiger partial charge in [0, 0.05) is 30.8 Å². The fourth-order valence-corrected chi connectivity index (χ4v) is 3.99. The maximum atomic E-state index is 12.8. The van der Waals surface area contributed by atoms with Crippen molar-refractivity contribution >= 4 is 23.9 Å². The topological polar surface area (TPSA) is 57.7 Å². The molecule has 1 aliphatic heterocycles. The predicted molar refractivity (Wildman–Crippen MR) is 118 cm³/mol. The van der Waals surface area contributed by atoms with Crippen molar-refractivity contribution in [3.05, 3.63) is 65.2 Å². The van der Waals surface area contributed by atoms with Crippen LogP contribution in [0.25, 0.3) is 0 Å². The smallest absolute Gasteiger partial charge is 0.260 e. The van der Waals surface area contributed by atoms with Crippen molar-refractivity contribution in [3.8, 4) is 0 Å². The van der Waals surface area contributed by atoms with Gasteiger partial charge in [0.2, 0.25) is 12.3 Å². The molecule has 30 heavy (non-hydrogen) atoms. The van der Waals surface area contributed by atoms with Crippen LogP contribution in [0.5, 0.6) is 0 Å². The second-order valence-electron chi connectivity index (χ2n) is 7.86. The summed E-state index contributed by atoms with van der Waals surface area (Å²) in [6.07, 6.45) is 6.49. The van der Waals surface area contributed by atoms with Gasteiger partial charge in [-0.3, -0.25) is 19.3 Å². The van der Waals surface area contributed by atoms with Crippen molar-refractivity contribution in [1.82, 2.24) is 4.90 Å².